The minimum absolute atomic E-state index is 0.0104. The van der Waals surface area contributed by atoms with E-state index in [1.54, 1.807) is 0 Å². The second-order valence-corrected chi connectivity index (χ2v) is 5.52. The summed E-state index contributed by atoms with van der Waals surface area (Å²) in [4.78, 5) is 34.0. The molecule has 0 radical (unpaired) electrons. The van der Waals surface area contributed by atoms with Crippen molar-refractivity contribution in [3.63, 3.8) is 0 Å². The lowest BCUT2D eigenvalue weighted by atomic mass is 10.2. The van der Waals surface area contributed by atoms with Crippen LogP contribution < -0.4 is 14.8 Å². The predicted molar refractivity (Wildman–Crippen MR) is 96.6 cm³/mol. The fourth-order valence-electron chi connectivity index (χ4n) is 2.08. The Hall–Kier alpha value is -3.33. The summed E-state index contributed by atoms with van der Waals surface area (Å²) in [6.07, 6.45) is 0. The van der Waals surface area contributed by atoms with E-state index in [0.29, 0.717) is 11.5 Å². The Morgan fingerprint density at radius 3 is 2.41 bits per heavy atom. The van der Waals surface area contributed by atoms with Gasteiger partial charge in [-0.3, -0.25) is 14.9 Å². The van der Waals surface area contributed by atoms with Crippen molar-refractivity contribution in [3.05, 3.63) is 57.1 Å². The first-order valence-corrected chi connectivity index (χ1v) is 7.86. The highest BCUT2D eigenvalue weighted by molar-refractivity contribution is 6.34. The van der Waals surface area contributed by atoms with Crippen LogP contribution in [0.3, 0.4) is 0 Å². The van der Waals surface area contributed by atoms with Crippen LogP contribution in [0.2, 0.25) is 5.02 Å². The van der Waals surface area contributed by atoms with Crippen LogP contribution in [0, 0.1) is 10.1 Å². The van der Waals surface area contributed by atoms with Crippen LogP contribution in [0.4, 0.5) is 11.4 Å². The molecule has 0 fully saturated rings. The van der Waals surface area contributed by atoms with Crippen LogP contribution in [0.5, 0.6) is 11.5 Å². The van der Waals surface area contributed by atoms with E-state index in [0.717, 1.165) is 6.07 Å². The van der Waals surface area contributed by atoms with Crippen LogP contribution in [0.15, 0.2) is 36.4 Å². The maximum atomic E-state index is 12.1. The number of hydrogen-bond donors (Lipinski definition) is 1. The summed E-state index contributed by atoms with van der Waals surface area (Å²) >= 11 is 5.89. The summed E-state index contributed by atoms with van der Waals surface area (Å²) in [5.74, 6) is -0.603. The Balaban J connectivity index is 1.97. The number of rotatable bonds is 7. The van der Waals surface area contributed by atoms with Crippen molar-refractivity contribution in [2.75, 3.05) is 26.1 Å². The van der Waals surface area contributed by atoms with Crippen LogP contribution >= 0.6 is 11.6 Å². The number of non-ortho nitro benzene ring substituents is 1. The van der Waals surface area contributed by atoms with Gasteiger partial charge in [-0.15, -0.1) is 0 Å². The van der Waals surface area contributed by atoms with E-state index in [-0.39, 0.29) is 22.0 Å². The van der Waals surface area contributed by atoms with Crippen LogP contribution in [-0.4, -0.2) is 37.6 Å². The van der Waals surface area contributed by atoms with Crippen LogP contribution in [0.1, 0.15) is 10.4 Å². The first-order valence-electron chi connectivity index (χ1n) is 7.48. The van der Waals surface area contributed by atoms with Gasteiger partial charge in [0.15, 0.2) is 18.1 Å². The van der Waals surface area contributed by atoms with Crippen molar-refractivity contribution in [1.29, 1.82) is 0 Å². The van der Waals surface area contributed by atoms with E-state index in [4.69, 9.17) is 25.8 Å². The summed E-state index contributed by atoms with van der Waals surface area (Å²) in [5.41, 5.74) is 0.126. The van der Waals surface area contributed by atoms with Gasteiger partial charge in [0.1, 0.15) is 0 Å². The zero-order valence-corrected chi connectivity index (χ0v) is 15.1. The fraction of sp³-hybridized carbons (Fsp3) is 0.176. The number of carbonyl (C=O) groups excluding carboxylic acids is 2. The standard InChI is InChI=1S/C17H15ClN2O7/c1-25-14-6-3-10(7-15(14)26-2)17(22)27-9-16(21)19-13-5-4-11(20(23)24)8-12(13)18/h3-8H,9H2,1-2H3,(H,19,21). The van der Waals surface area contributed by atoms with Gasteiger partial charge in [0.2, 0.25) is 0 Å². The van der Waals surface area contributed by atoms with E-state index in [9.17, 15) is 19.7 Å². The molecule has 0 saturated heterocycles. The first kappa shape index (κ1) is 20.0. The van der Waals surface area contributed by atoms with E-state index in [1.807, 2.05) is 0 Å². The molecule has 2 aromatic carbocycles. The summed E-state index contributed by atoms with van der Waals surface area (Å²) in [6.45, 7) is -0.569. The number of carbonyl (C=O) groups is 2. The molecule has 0 aliphatic carbocycles. The molecule has 0 atom stereocenters. The fourth-order valence-corrected chi connectivity index (χ4v) is 2.30. The number of nitro benzene ring substituents is 1. The Morgan fingerprint density at radius 1 is 1.11 bits per heavy atom. The number of esters is 1. The maximum Gasteiger partial charge on any atom is 0.338 e. The highest BCUT2D eigenvalue weighted by Crippen LogP contribution is 2.28. The summed E-state index contributed by atoms with van der Waals surface area (Å²) < 4.78 is 15.1. The summed E-state index contributed by atoms with van der Waals surface area (Å²) in [7, 11) is 2.89. The normalized spacial score (nSPS) is 10.0. The summed E-state index contributed by atoms with van der Waals surface area (Å²) in [5, 5.41) is 13.1. The number of halogens is 1. The molecule has 2 aromatic rings. The van der Waals surface area contributed by atoms with Gasteiger partial charge >= 0.3 is 5.97 Å². The molecule has 0 bridgehead atoms. The van der Waals surface area contributed by atoms with E-state index < -0.39 is 23.4 Å². The van der Waals surface area contributed by atoms with Gasteiger partial charge in [-0.1, -0.05) is 11.6 Å². The van der Waals surface area contributed by atoms with E-state index in [1.165, 1.54) is 44.6 Å². The number of nitrogens with one attached hydrogen (secondary N) is 1. The largest absolute Gasteiger partial charge is 0.493 e. The first-order chi connectivity index (χ1) is 12.8. The lowest BCUT2D eigenvalue weighted by Crippen LogP contribution is -2.21. The topological polar surface area (TPSA) is 117 Å². The minimum atomic E-state index is -0.735. The van der Waals surface area contributed by atoms with Gasteiger partial charge < -0.3 is 19.5 Å². The van der Waals surface area contributed by atoms with Gasteiger partial charge in [-0.25, -0.2) is 4.79 Å². The number of anilines is 1. The average Bonchev–Trinajstić information content (AvgIpc) is 2.66. The molecule has 2 rings (SSSR count). The van der Waals surface area contributed by atoms with Crippen molar-refractivity contribution in [2.24, 2.45) is 0 Å². The number of nitro groups is 1. The Labute approximate surface area is 158 Å². The second-order valence-electron chi connectivity index (χ2n) is 5.12. The third kappa shape index (κ3) is 5.08. The highest BCUT2D eigenvalue weighted by atomic mass is 35.5. The number of benzene rings is 2. The lowest BCUT2D eigenvalue weighted by molar-refractivity contribution is -0.384. The van der Waals surface area contributed by atoms with Crippen molar-refractivity contribution >= 4 is 34.9 Å². The molecule has 10 heteroatoms. The number of amides is 1. The van der Waals surface area contributed by atoms with E-state index in [2.05, 4.69) is 5.32 Å². The second kappa shape index (κ2) is 8.86. The molecule has 0 heterocycles. The minimum Gasteiger partial charge on any atom is -0.493 e. The molecule has 9 nitrogen and oxygen atoms in total. The zero-order chi connectivity index (χ0) is 20.0. The molecule has 1 amide bonds. The van der Waals surface area contributed by atoms with Crippen molar-refractivity contribution < 1.29 is 28.7 Å². The predicted octanol–water partition coefficient (Wildman–Crippen LogP) is 3.06. The molecule has 1 N–H and O–H groups in total. The molecule has 27 heavy (non-hydrogen) atoms. The van der Waals surface area contributed by atoms with Gasteiger partial charge in [0.05, 0.1) is 35.4 Å². The van der Waals surface area contributed by atoms with Crippen LogP contribution in [0.25, 0.3) is 0 Å². The SMILES string of the molecule is COc1ccc(C(=O)OCC(=O)Nc2ccc([N+](=O)[O-])cc2Cl)cc1OC. The smallest absolute Gasteiger partial charge is 0.338 e. The Morgan fingerprint density at radius 2 is 1.81 bits per heavy atom. The zero-order valence-electron chi connectivity index (χ0n) is 14.4. The molecule has 0 aromatic heterocycles. The lowest BCUT2D eigenvalue weighted by Gasteiger charge is -2.10. The molecular weight excluding hydrogens is 380 g/mol. The van der Waals surface area contributed by atoms with Crippen molar-refractivity contribution in [2.45, 2.75) is 0 Å². The maximum absolute atomic E-state index is 12.1. The average molecular weight is 395 g/mol. The number of ether oxygens (including phenoxy) is 3. The van der Waals surface area contributed by atoms with Gasteiger partial charge in [-0.2, -0.15) is 0 Å². The van der Waals surface area contributed by atoms with Gasteiger partial charge in [0, 0.05) is 12.1 Å². The Kier molecular flexibility index (Phi) is 6.56. The molecular formula is C17H15ClN2O7. The summed E-state index contributed by atoms with van der Waals surface area (Å²) in [6, 6.07) is 8.01. The van der Waals surface area contributed by atoms with Crippen LogP contribution in [-0.2, 0) is 9.53 Å². The molecule has 0 unspecified atom stereocenters. The number of nitrogens with zero attached hydrogens (tertiary/aromatic N) is 1. The number of hydrogen-bond acceptors (Lipinski definition) is 7. The van der Waals surface area contributed by atoms with Crippen molar-refractivity contribution in [1.82, 2.24) is 0 Å². The van der Waals surface area contributed by atoms with Gasteiger partial charge in [-0.05, 0) is 24.3 Å². The molecule has 0 spiro atoms. The monoisotopic (exact) mass is 394 g/mol. The molecule has 142 valence electrons. The third-order valence-electron chi connectivity index (χ3n) is 3.39. The molecule has 0 aliphatic heterocycles. The molecule has 0 aliphatic rings. The third-order valence-corrected chi connectivity index (χ3v) is 3.70. The van der Waals surface area contributed by atoms with Crippen molar-refractivity contribution in [3.8, 4) is 11.5 Å². The quantitative estimate of drug-likeness (QED) is 0.435. The van der Waals surface area contributed by atoms with E-state index >= 15 is 0 Å². The highest BCUT2D eigenvalue weighted by Gasteiger charge is 2.15. The Bertz CT molecular complexity index is 886. The molecule has 0 saturated carbocycles. The number of methoxy groups -OCH3 is 2. The van der Waals surface area contributed by atoms with Gasteiger partial charge in [0.25, 0.3) is 11.6 Å².